The molecule has 0 atom stereocenters. The molecule has 3 aromatic rings. The second kappa shape index (κ2) is 9.36. The smallest absolute Gasteiger partial charge is 0.339 e. The lowest BCUT2D eigenvalue weighted by molar-refractivity contribution is -0.137. The molecule has 1 saturated heterocycles. The van der Waals surface area contributed by atoms with Gasteiger partial charge in [0.2, 0.25) is 11.9 Å². The summed E-state index contributed by atoms with van der Waals surface area (Å²) in [4.78, 5) is 48.5. The topological polar surface area (TPSA) is 88.6 Å². The molecule has 1 aromatic carbocycles. The first kappa shape index (κ1) is 25.1. The van der Waals surface area contributed by atoms with Crippen LogP contribution in [0.3, 0.4) is 0 Å². The number of aromatic nitrogens is 4. The number of aryl methyl sites for hydroxylation is 2. The van der Waals surface area contributed by atoms with Gasteiger partial charge in [0.25, 0.3) is 5.56 Å². The SMILES string of the molecule is Cn1c(=O)c2c(nc3n2CCCN3CC(=O)N2CCN(Cc3ccc(C(F)(F)F)cc3)CC2)n(C)c1=O. The predicted molar refractivity (Wildman–Crippen MR) is 130 cm³/mol. The second-order valence-electron chi connectivity index (χ2n) is 9.57. The van der Waals surface area contributed by atoms with Gasteiger partial charge in [-0.25, -0.2) is 4.79 Å². The molecule has 0 spiro atoms. The highest BCUT2D eigenvalue weighted by Gasteiger charge is 2.31. The summed E-state index contributed by atoms with van der Waals surface area (Å²) in [5, 5.41) is 0. The Bertz CT molecular complexity index is 1450. The molecule has 13 heteroatoms. The van der Waals surface area contributed by atoms with E-state index in [1.54, 1.807) is 16.5 Å². The summed E-state index contributed by atoms with van der Waals surface area (Å²) in [5.41, 5.74) is -0.0760. The van der Waals surface area contributed by atoms with E-state index in [2.05, 4.69) is 9.88 Å². The maximum absolute atomic E-state index is 13.1. The molecule has 0 bridgehead atoms. The van der Waals surface area contributed by atoms with Crippen molar-refractivity contribution >= 4 is 23.0 Å². The fourth-order valence-electron chi connectivity index (χ4n) is 5.03. The Labute approximate surface area is 210 Å². The Balaban J connectivity index is 1.24. The van der Waals surface area contributed by atoms with Crippen molar-refractivity contribution in [1.82, 2.24) is 28.5 Å². The lowest BCUT2D eigenvalue weighted by Gasteiger charge is -2.36. The molecule has 10 nitrogen and oxygen atoms in total. The minimum Gasteiger partial charge on any atom is -0.339 e. The number of imidazole rings is 1. The van der Waals surface area contributed by atoms with Crippen LogP contribution in [0.2, 0.25) is 0 Å². The minimum atomic E-state index is -4.35. The lowest BCUT2D eigenvalue weighted by Crippen LogP contribution is -2.51. The molecule has 1 fully saturated rings. The summed E-state index contributed by atoms with van der Waals surface area (Å²) in [6, 6.07) is 5.17. The van der Waals surface area contributed by atoms with Crippen molar-refractivity contribution in [2.75, 3.05) is 44.2 Å². The van der Waals surface area contributed by atoms with Gasteiger partial charge in [0.05, 0.1) is 12.1 Å². The summed E-state index contributed by atoms with van der Waals surface area (Å²) in [6.45, 7) is 4.06. The number of benzene rings is 1. The third-order valence-electron chi connectivity index (χ3n) is 7.16. The standard InChI is InChI=1S/C24H28F3N7O3/c1-29-20-19(21(36)30(2)23(29)37)34-9-3-8-33(22(34)28-20)15-18(35)32-12-10-31(11-13-32)14-16-4-6-17(7-5-16)24(25,26)27/h4-7H,3,8-15H2,1-2H3. The number of carbonyl (C=O) groups is 1. The number of amides is 1. The Kier molecular flexibility index (Phi) is 6.34. The quantitative estimate of drug-likeness (QED) is 0.511. The van der Waals surface area contributed by atoms with Gasteiger partial charge in [-0.3, -0.25) is 23.6 Å². The van der Waals surface area contributed by atoms with Crippen molar-refractivity contribution in [1.29, 1.82) is 0 Å². The molecule has 0 N–H and O–H groups in total. The number of carbonyl (C=O) groups excluding carboxylic acids is 1. The fraction of sp³-hybridized carbons (Fsp3) is 0.500. The third-order valence-corrected chi connectivity index (χ3v) is 7.16. The Morgan fingerprint density at radius 3 is 2.27 bits per heavy atom. The molecule has 2 aliphatic rings. The Morgan fingerprint density at radius 1 is 0.946 bits per heavy atom. The van der Waals surface area contributed by atoms with Crippen LogP contribution >= 0.6 is 0 Å². The second-order valence-corrected chi connectivity index (χ2v) is 9.57. The molecule has 0 unspecified atom stereocenters. The lowest BCUT2D eigenvalue weighted by atomic mass is 10.1. The van der Waals surface area contributed by atoms with Crippen LogP contribution in [0.4, 0.5) is 19.1 Å². The first-order valence-electron chi connectivity index (χ1n) is 12.1. The molecule has 1 amide bonds. The van der Waals surface area contributed by atoms with Crippen molar-refractivity contribution in [2.24, 2.45) is 14.1 Å². The zero-order chi connectivity index (χ0) is 26.5. The number of hydrogen-bond acceptors (Lipinski definition) is 6. The van der Waals surface area contributed by atoms with Gasteiger partial charge in [0, 0.05) is 59.9 Å². The first-order chi connectivity index (χ1) is 17.5. The van der Waals surface area contributed by atoms with E-state index in [4.69, 9.17) is 0 Å². The van der Waals surface area contributed by atoms with Crippen LogP contribution in [-0.4, -0.2) is 73.7 Å². The van der Waals surface area contributed by atoms with Gasteiger partial charge in [0.15, 0.2) is 11.2 Å². The number of nitrogens with zero attached hydrogens (tertiary/aromatic N) is 7. The highest BCUT2D eigenvalue weighted by Crippen LogP contribution is 2.29. The van der Waals surface area contributed by atoms with E-state index >= 15 is 0 Å². The molecule has 198 valence electrons. The zero-order valence-electron chi connectivity index (χ0n) is 20.7. The minimum absolute atomic E-state index is 0.0588. The summed E-state index contributed by atoms with van der Waals surface area (Å²) < 4.78 is 42.5. The molecular weight excluding hydrogens is 491 g/mol. The monoisotopic (exact) mass is 519 g/mol. The maximum Gasteiger partial charge on any atom is 0.416 e. The molecule has 5 rings (SSSR count). The summed E-state index contributed by atoms with van der Waals surface area (Å²) in [5.74, 6) is 0.449. The number of hydrogen-bond donors (Lipinski definition) is 0. The van der Waals surface area contributed by atoms with Crippen molar-refractivity contribution in [2.45, 2.75) is 25.7 Å². The summed E-state index contributed by atoms with van der Waals surface area (Å²) in [7, 11) is 3.01. The van der Waals surface area contributed by atoms with E-state index < -0.39 is 23.0 Å². The number of halogens is 3. The largest absolute Gasteiger partial charge is 0.416 e. The van der Waals surface area contributed by atoms with E-state index in [9.17, 15) is 27.6 Å². The van der Waals surface area contributed by atoms with Crippen LogP contribution in [0.15, 0.2) is 33.9 Å². The number of piperazine rings is 1. The van der Waals surface area contributed by atoms with Crippen LogP contribution in [0.25, 0.3) is 11.2 Å². The molecule has 4 heterocycles. The average Bonchev–Trinajstić information content (AvgIpc) is 3.27. The van der Waals surface area contributed by atoms with Crippen LogP contribution in [0, 0.1) is 0 Å². The highest BCUT2D eigenvalue weighted by atomic mass is 19.4. The van der Waals surface area contributed by atoms with Gasteiger partial charge < -0.3 is 14.4 Å². The van der Waals surface area contributed by atoms with Crippen LogP contribution < -0.4 is 16.1 Å². The third kappa shape index (κ3) is 4.63. The van der Waals surface area contributed by atoms with E-state index in [0.717, 1.165) is 28.7 Å². The van der Waals surface area contributed by atoms with Gasteiger partial charge in [-0.15, -0.1) is 0 Å². The van der Waals surface area contributed by atoms with Gasteiger partial charge in [-0.1, -0.05) is 12.1 Å². The molecule has 37 heavy (non-hydrogen) atoms. The van der Waals surface area contributed by atoms with E-state index in [1.807, 2.05) is 4.90 Å². The first-order valence-corrected chi connectivity index (χ1v) is 12.1. The molecule has 2 aliphatic heterocycles. The Hall–Kier alpha value is -3.61. The number of fused-ring (bicyclic) bond motifs is 3. The summed E-state index contributed by atoms with van der Waals surface area (Å²) >= 11 is 0. The average molecular weight is 520 g/mol. The van der Waals surface area contributed by atoms with Crippen molar-refractivity contribution in [3.63, 3.8) is 0 Å². The molecule has 0 radical (unpaired) electrons. The zero-order valence-corrected chi connectivity index (χ0v) is 20.7. The molecule has 2 aromatic heterocycles. The molecule has 0 aliphatic carbocycles. The van der Waals surface area contributed by atoms with Crippen LogP contribution in [-0.2, 0) is 38.2 Å². The highest BCUT2D eigenvalue weighted by molar-refractivity contribution is 5.82. The molecule has 0 saturated carbocycles. The van der Waals surface area contributed by atoms with Crippen LogP contribution in [0.1, 0.15) is 17.5 Å². The number of alkyl halides is 3. The summed E-state index contributed by atoms with van der Waals surface area (Å²) in [6.07, 6.45) is -3.62. The molecular formula is C24H28F3N7O3. The van der Waals surface area contributed by atoms with Crippen molar-refractivity contribution in [3.05, 3.63) is 56.2 Å². The van der Waals surface area contributed by atoms with Gasteiger partial charge in [0.1, 0.15) is 0 Å². The maximum atomic E-state index is 13.1. The Morgan fingerprint density at radius 2 is 1.62 bits per heavy atom. The van der Waals surface area contributed by atoms with Crippen molar-refractivity contribution in [3.8, 4) is 0 Å². The van der Waals surface area contributed by atoms with Gasteiger partial charge in [-0.2, -0.15) is 18.2 Å². The van der Waals surface area contributed by atoms with Gasteiger partial charge >= 0.3 is 11.9 Å². The van der Waals surface area contributed by atoms with Gasteiger partial charge in [-0.05, 0) is 24.1 Å². The van der Waals surface area contributed by atoms with E-state index in [0.29, 0.717) is 62.9 Å². The van der Waals surface area contributed by atoms with E-state index in [1.165, 1.54) is 23.7 Å². The predicted octanol–water partition coefficient (Wildman–Crippen LogP) is 1.01. The normalized spacial score (nSPS) is 16.9. The number of rotatable bonds is 4. The number of anilines is 1. The van der Waals surface area contributed by atoms with Crippen molar-refractivity contribution < 1.29 is 18.0 Å². The van der Waals surface area contributed by atoms with Crippen LogP contribution in [0.5, 0.6) is 0 Å². The fourth-order valence-corrected chi connectivity index (χ4v) is 5.03. The van der Waals surface area contributed by atoms with E-state index in [-0.39, 0.29) is 12.5 Å².